The van der Waals surface area contributed by atoms with Crippen molar-refractivity contribution in [3.63, 3.8) is 0 Å². The molecule has 252 valence electrons. The van der Waals surface area contributed by atoms with E-state index < -0.39 is 37.6 Å². The van der Waals surface area contributed by atoms with Gasteiger partial charge in [0.2, 0.25) is 0 Å². The summed E-state index contributed by atoms with van der Waals surface area (Å²) in [4.78, 5) is 28.2. The Balaban J connectivity index is 1.43. The van der Waals surface area contributed by atoms with E-state index in [0.29, 0.717) is 26.4 Å². The van der Waals surface area contributed by atoms with E-state index in [9.17, 15) is 9.59 Å². The molecule has 0 fully saturated rings. The van der Waals surface area contributed by atoms with E-state index in [-0.39, 0.29) is 11.9 Å². The number of hydrogen-bond acceptors (Lipinski definition) is 4. The summed E-state index contributed by atoms with van der Waals surface area (Å²) in [7, 11) is 0. The molecular formula is C45H40O4Sn2. The summed E-state index contributed by atoms with van der Waals surface area (Å²) >= 11 is -8.58. The van der Waals surface area contributed by atoms with Crippen LogP contribution in [-0.4, -0.2) is 49.5 Å². The summed E-state index contributed by atoms with van der Waals surface area (Å²) < 4.78 is 19.5. The van der Waals surface area contributed by atoms with Gasteiger partial charge in [-0.2, -0.15) is 0 Å². The normalized spacial score (nSPS) is 11.3. The molecule has 6 aromatic rings. The molecule has 0 aromatic heterocycles. The first-order valence-corrected chi connectivity index (χ1v) is 29.2. The third-order valence-electron chi connectivity index (χ3n) is 9.32. The SMILES string of the molecule is C=Cc1ccc(C(=O)[O][Sn]([CH2]C[CH2][Sn]([O]C(=O)c2ccc(C=C)cc2)([c]2ccccc2)[c]2ccccc2)([c]2ccccc2)[c]2ccccc2)cc1. The van der Waals surface area contributed by atoms with Crippen LogP contribution in [0.3, 0.4) is 0 Å². The Morgan fingerprint density at radius 2 is 0.706 bits per heavy atom. The van der Waals surface area contributed by atoms with Crippen molar-refractivity contribution >= 4 is 76.0 Å². The fraction of sp³-hybridized carbons (Fsp3) is 0.0667. The van der Waals surface area contributed by atoms with Crippen LogP contribution in [0.4, 0.5) is 0 Å². The second kappa shape index (κ2) is 17.0. The van der Waals surface area contributed by atoms with Crippen molar-refractivity contribution in [2.24, 2.45) is 0 Å². The van der Waals surface area contributed by atoms with Gasteiger partial charge in [-0.15, -0.1) is 0 Å². The summed E-state index contributed by atoms with van der Waals surface area (Å²) in [5.41, 5.74) is 2.88. The first kappa shape index (κ1) is 36.1. The minimum absolute atomic E-state index is 0.329. The Bertz CT molecular complexity index is 1830. The van der Waals surface area contributed by atoms with Crippen molar-refractivity contribution in [2.75, 3.05) is 0 Å². The minimum atomic E-state index is -4.29. The molecule has 4 nitrogen and oxygen atoms in total. The molecule has 51 heavy (non-hydrogen) atoms. The van der Waals surface area contributed by atoms with E-state index in [1.165, 1.54) is 0 Å². The van der Waals surface area contributed by atoms with Gasteiger partial charge < -0.3 is 0 Å². The zero-order valence-electron chi connectivity index (χ0n) is 28.5. The standard InChI is InChI=1S/2C9H8O2.4C6H5.C3H6.2Sn/c2*1-2-7-3-5-8(6-4-7)9(10)11;4*1-2-4-6-5-3-1;1-3-2;;/h2*2-6H,1H2,(H,10,11);4*1-5H;1-3H2;;/q;;;;;;;2*+1/p-2. The molecule has 0 N–H and O–H groups in total. The summed E-state index contributed by atoms with van der Waals surface area (Å²) in [6, 6.07) is 55.7. The molecule has 0 heterocycles. The van der Waals surface area contributed by atoms with E-state index in [1.807, 2.05) is 97.1 Å². The summed E-state index contributed by atoms with van der Waals surface area (Å²) in [5, 5.41) is 0. The molecule has 0 atom stereocenters. The monoisotopic (exact) mass is 884 g/mol. The fourth-order valence-corrected chi connectivity index (χ4v) is 31.3. The van der Waals surface area contributed by atoms with E-state index >= 15 is 0 Å². The first-order chi connectivity index (χ1) is 25.0. The van der Waals surface area contributed by atoms with Crippen molar-refractivity contribution in [1.29, 1.82) is 0 Å². The van der Waals surface area contributed by atoms with Crippen LogP contribution in [-0.2, 0) is 6.15 Å². The van der Waals surface area contributed by atoms with Gasteiger partial charge in [-0.1, -0.05) is 0 Å². The molecule has 0 radical (unpaired) electrons. The summed E-state index contributed by atoms with van der Waals surface area (Å²) in [5.74, 6) is -0.658. The summed E-state index contributed by atoms with van der Waals surface area (Å²) in [6.07, 6.45) is 4.21. The maximum absolute atomic E-state index is 14.1. The van der Waals surface area contributed by atoms with Crippen molar-refractivity contribution in [1.82, 2.24) is 0 Å². The zero-order valence-corrected chi connectivity index (χ0v) is 34.2. The van der Waals surface area contributed by atoms with E-state index in [1.54, 1.807) is 36.4 Å². The number of rotatable bonds is 14. The van der Waals surface area contributed by atoms with Crippen LogP contribution in [0.2, 0.25) is 8.87 Å². The summed E-state index contributed by atoms with van der Waals surface area (Å²) in [6.45, 7) is 7.70. The van der Waals surface area contributed by atoms with Gasteiger partial charge in [0.15, 0.2) is 0 Å². The topological polar surface area (TPSA) is 52.6 Å². The molecule has 0 spiro atoms. The quantitative estimate of drug-likeness (QED) is 0.105. The Morgan fingerprint density at radius 3 is 0.961 bits per heavy atom. The fourth-order valence-electron chi connectivity index (χ4n) is 6.61. The number of hydrogen-bond donors (Lipinski definition) is 0. The molecule has 0 aliphatic carbocycles. The molecule has 0 saturated carbocycles. The average Bonchev–Trinajstić information content (AvgIpc) is 3.21. The Hall–Kier alpha value is -4.66. The van der Waals surface area contributed by atoms with Crippen molar-refractivity contribution in [3.8, 4) is 0 Å². The Labute approximate surface area is 310 Å². The van der Waals surface area contributed by atoms with Gasteiger partial charge in [0.25, 0.3) is 0 Å². The predicted octanol–water partition coefficient (Wildman–Crippen LogP) is 7.90. The maximum atomic E-state index is 14.1. The van der Waals surface area contributed by atoms with Crippen LogP contribution in [0.5, 0.6) is 0 Å². The van der Waals surface area contributed by atoms with Gasteiger partial charge in [0, 0.05) is 0 Å². The van der Waals surface area contributed by atoms with Crippen molar-refractivity contribution < 1.29 is 15.7 Å². The van der Waals surface area contributed by atoms with Crippen molar-refractivity contribution in [2.45, 2.75) is 15.3 Å². The van der Waals surface area contributed by atoms with Crippen LogP contribution in [0.15, 0.2) is 183 Å². The molecule has 6 aromatic carbocycles. The average molecular weight is 882 g/mol. The first-order valence-electron chi connectivity index (χ1n) is 17.1. The van der Waals surface area contributed by atoms with Gasteiger partial charge in [-0.25, -0.2) is 0 Å². The van der Waals surface area contributed by atoms with Crippen LogP contribution < -0.4 is 14.3 Å². The number of carbonyl (C=O) groups is 2. The molecule has 6 heteroatoms. The van der Waals surface area contributed by atoms with Gasteiger partial charge in [0.05, 0.1) is 0 Å². The third-order valence-corrected chi connectivity index (χ3v) is 32.9. The Morgan fingerprint density at radius 1 is 0.431 bits per heavy atom. The van der Waals surface area contributed by atoms with E-state index in [2.05, 4.69) is 61.7 Å². The van der Waals surface area contributed by atoms with Crippen molar-refractivity contribution in [3.05, 3.63) is 205 Å². The van der Waals surface area contributed by atoms with Gasteiger partial charge >= 0.3 is 312 Å². The van der Waals surface area contributed by atoms with Gasteiger partial charge in [-0.3, -0.25) is 0 Å². The number of benzene rings is 6. The van der Waals surface area contributed by atoms with Crippen LogP contribution in [0, 0.1) is 0 Å². The molecular weight excluding hydrogens is 842 g/mol. The van der Waals surface area contributed by atoms with Crippen LogP contribution in [0.1, 0.15) is 38.3 Å². The molecule has 0 saturated heterocycles. The molecule has 0 aliphatic heterocycles. The van der Waals surface area contributed by atoms with E-state index in [4.69, 9.17) is 6.15 Å². The molecule has 0 aliphatic rings. The predicted molar refractivity (Wildman–Crippen MR) is 214 cm³/mol. The van der Waals surface area contributed by atoms with Gasteiger partial charge in [-0.05, 0) is 0 Å². The third kappa shape index (κ3) is 8.29. The molecule has 0 bridgehead atoms. The van der Waals surface area contributed by atoms with E-state index in [0.717, 1.165) is 25.4 Å². The second-order valence-electron chi connectivity index (χ2n) is 12.4. The van der Waals surface area contributed by atoms with Gasteiger partial charge in [0.1, 0.15) is 0 Å². The molecule has 6 rings (SSSR count). The van der Waals surface area contributed by atoms with Crippen LogP contribution >= 0.6 is 0 Å². The Kier molecular flexibility index (Phi) is 12.1. The molecule has 0 unspecified atom stereocenters. The van der Waals surface area contributed by atoms with Crippen LogP contribution in [0.25, 0.3) is 12.2 Å². The zero-order chi connectivity index (χ0) is 35.5. The molecule has 0 amide bonds. The second-order valence-corrected chi connectivity index (χ2v) is 32.5. The number of carbonyl (C=O) groups excluding carboxylic acids is 2.